The Hall–Kier alpha value is -3.27. The third-order valence-electron chi connectivity index (χ3n) is 8.27. The number of ether oxygens (including phenoxy) is 1. The Bertz CT molecular complexity index is 1290. The van der Waals surface area contributed by atoms with E-state index in [0.29, 0.717) is 37.0 Å². The summed E-state index contributed by atoms with van der Waals surface area (Å²) in [6.45, 7) is 4.45. The van der Waals surface area contributed by atoms with Crippen LogP contribution >= 0.6 is 0 Å². The molecule has 5 heterocycles. The van der Waals surface area contributed by atoms with E-state index in [0.717, 1.165) is 80.8 Å². The van der Waals surface area contributed by atoms with Gasteiger partial charge in [0, 0.05) is 54.9 Å². The van der Waals surface area contributed by atoms with Gasteiger partial charge in [0.25, 0.3) is 0 Å². The van der Waals surface area contributed by atoms with E-state index in [2.05, 4.69) is 32.4 Å². The molecule has 2 aromatic heterocycles. The van der Waals surface area contributed by atoms with Gasteiger partial charge in [-0.3, -0.25) is 9.20 Å². The first-order valence-corrected chi connectivity index (χ1v) is 13.4. The highest BCUT2D eigenvalue weighted by atomic mass is 19.1. The number of aromatic nitrogens is 4. The number of nitrogens with one attached hydrogen (secondary N) is 1. The molecule has 0 radical (unpaired) electrons. The fourth-order valence-electron chi connectivity index (χ4n) is 6.07. The Kier molecular flexibility index (Phi) is 6.67. The number of likely N-dealkylation sites (tertiary alicyclic amines) is 2. The standard InChI is InChI=1S/C27H34FN7O2/c1-33-11-6-19(7-12-33)26(36)34-10-2-3-18(8-13-34)21-15-29-27(35-17-31-32-25(21)35)30-16-22-20-9-14-37-24(20)5-4-23(22)28/h4-5,15,17-19H,2-3,6-14,16H2,1H3,(H,29,30)/t18-/m1/s1. The SMILES string of the molecule is CN1CCC(C(=O)N2CCC[C@@H](c3cnc(NCc4c(F)ccc5c4CCO5)n4cnnc34)CC2)CC1. The molecule has 0 spiro atoms. The van der Waals surface area contributed by atoms with Gasteiger partial charge in [0.2, 0.25) is 11.9 Å². The highest BCUT2D eigenvalue weighted by Crippen LogP contribution is 2.33. The van der Waals surface area contributed by atoms with Crippen LogP contribution in [-0.2, 0) is 17.8 Å². The van der Waals surface area contributed by atoms with Gasteiger partial charge in [-0.2, -0.15) is 0 Å². The van der Waals surface area contributed by atoms with Crippen LogP contribution < -0.4 is 10.1 Å². The van der Waals surface area contributed by atoms with Crippen molar-refractivity contribution in [1.82, 2.24) is 29.4 Å². The number of benzene rings is 1. The van der Waals surface area contributed by atoms with E-state index in [4.69, 9.17) is 9.72 Å². The predicted molar refractivity (Wildman–Crippen MR) is 137 cm³/mol. The summed E-state index contributed by atoms with van der Waals surface area (Å²) in [5, 5.41) is 11.8. The van der Waals surface area contributed by atoms with Crippen LogP contribution in [-0.4, -0.2) is 75.1 Å². The normalized spacial score (nSPS) is 21.0. The molecule has 1 aromatic carbocycles. The smallest absolute Gasteiger partial charge is 0.225 e. The minimum absolute atomic E-state index is 0.158. The summed E-state index contributed by atoms with van der Waals surface area (Å²) < 4.78 is 22.0. The molecular weight excluding hydrogens is 473 g/mol. The Morgan fingerprint density at radius 2 is 2.03 bits per heavy atom. The van der Waals surface area contributed by atoms with Gasteiger partial charge in [0.15, 0.2) is 5.65 Å². The van der Waals surface area contributed by atoms with E-state index in [1.165, 1.54) is 6.07 Å². The number of carbonyl (C=O) groups excluding carboxylic acids is 1. The number of amides is 1. The molecule has 1 N–H and O–H groups in total. The number of nitrogens with zero attached hydrogens (tertiary/aromatic N) is 6. The molecule has 6 rings (SSSR count). The lowest BCUT2D eigenvalue weighted by Gasteiger charge is -2.32. The van der Waals surface area contributed by atoms with Crippen LogP contribution in [0.3, 0.4) is 0 Å². The molecular formula is C27H34FN7O2. The molecule has 0 aliphatic carbocycles. The van der Waals surface area contributed by atoms with Crippen molar-refractivity contribution >= 4 is 17.5 Å². The quantitative estimate of drug-likeness (QED) is 0.567. The number of hydrogen-bond acceptors (Lipinski definition) is 7. The second-order valence-electron chi connectivity index (χ2n) is 10.5. The minimum Gasteiger partial charge on any atom is -0.493 e. The average molecular weight is 508 g/mol. The number of rotatable bonds is 5. The van der Waals surface area contributed by atoms with Crippen molar-refractivity contribution in [2.75, 3.05) is 45.2 Å². The van der Waals surface area contributed by atoms with E-state index in [1.54, 1.807) is 12.4 Å². The molecule has 1 atom stereocenters. The molecule has 10 heteroatoms. The number of anilines is 1. The summed E-state index contributed by atoms with van der Waals surface area (Å²) in [4.78, 5) is 22.3. The van der Waals surface area contributed by atoms with Gasteiger partial charge >= 0.3 is 0 Å². The third-order valence-corrected chi connectivity index (χ3v) is 8.27. The maximum atomic E-state index is 14.6. The number of fused-ring (bicyclic) bond motifs is 2. The van der Waals surface area contributed by atoms with E-state index in [-0.39, 0.29) is 17.7 Å². The number of carbonyl (C=O) groups is 1. The fraction of sp³-hybridized carbons (Fsp3) is 0.556. The Labute approximate surface area is 216 Å². The van der Waals surface area contributed by atoms with Crippen LogP contribution in [0.2, 0.25) is 0 Å². The van der Waals surface area contributed by atoms with Gasteiger partial charge in [-0.05, 0) is 70.3 Å². The van der Waals surface area contributed by atoms with E-state index >= 15 is 0 Å². The van der Waals surface area contributed by atoms with Gasteiger partial charge in [-0.25, -0.2) is 9.37 Å². The topological polar surface area (TPSA) is 87.9 Å². The van der Waals surface area contributed by atoms with Crippen LogP contribution in [0.4, 0.5) is 10.3 Å². The molecule has 37 heavy (non-hydrogen) atoms. The molecule has 2 fully saturated rings. The molecule has 3 aromatic rings. The van der Waals surface area contributed by atoms with E-state index < -0.39 is 0 Å². The molecule has 3 aliphatic rings. The molecule has 196 valence electrons. The largest absolute Gasteiger partial charge is 0.493 e. The third kappa shape index (κ3) is 4.74. The van der Waals surface area contributed by atoms with Crippen LogP contribution in [0.1, 0.15) is 54.7 Å². The zero-order chi connectivity index (χ0) is 25.4. The Morgan fingerprint density at radius 3 is 2.89 bits per heavy atom. The summed E-state index contributed by atoms with van der Waals surface area (Å²) in [7, 11) is 2.12. The highest BCUT2D eigenvalue weighted by molar-refractivity contribution is 5.79. The molecule has 2 saturated heterocycles. The average Bonchev–Trinajstić information content (AvgIpc) is 3.53. The van der Waals surface area contributed by atoms with E-state index in [1.807, 2.05) is 10.6 Å². The van der Waals surface area contributed by atoms with Crippen molar-refractivity contribution in [3.05, 3.63) is 47.2 Å². The first-order chi connectivity index (χ1) is 18.1. The van der Waals surface area contributed by atoms with Crippen LogP contribution in [0.15, 0.2) is 24.7 Å². The lowest BCUT2D eigenvalue weighted by Crippen LogP contribution is -2.42. The van der Waals surface area contributed by atoms with Crippen LogP contribution in [0.25, 0.3) is 5.65 Å². The molecule has 1 amide bonds. The molecule has 0 saturated carbocycles. The lowest BCUT2D eigenvalue weighted by atomic mass is 9.93. The second kappa shape index (κ2) is 10.2. The van der Waals surface area contributed by atoms with E-state index in [9.17, 15) is 9.18 Å². The summed E-state index contributed by atoms with van der Waals surface area (Å²) in [5.41, 5.74) is 3.35. The predicted octanol–water partition coefficient (Wildman–Crippen LogP) is 3.25. The number of hydrogen-bond donors (Lipinski definition) is 1. The zero-order valence-electron chi connectivity index (χ0n) is 21.3. The molecule has 9 nitrogen and oxygen atoms in total. The van der Waals surface area contributed by atoms with Gasteiger partial charge < -0.3 is 19.9 Å². The van der Waals surface area contributed by atoms with Crippen molar-refractivity contribution in [2.45, 2.75) is 51.0 Å². The lowest BCUT2D eigenvalue weighted by molar-refractivity contribution is -0.136. The summed E-state index contributed by atoms with van der Waals surface area (Å²) in [6, 6.07) is 3.15. The van der Waals surface area contributed by atoms with Crippen molar-refractivity contribution < 1.29 is 13.9 Å². The summed E-state index contributed by atoms with van der Waals surface area (Å²) in [6.07, 6.45) is 8.97. The van der Waals surface area contributed by atoms with Gasteiger partial charge in [0.05, 0.1) is 6.61 Å². The maximum absolute atomic E-state index is 14.6. The first-order valence-electron chi connectivity index (χ1n) is 13.4. The van der Waals surface area contributed by atoms with Gasteiger partial charge in [0.1, 0.15) is 17.9 Å². The van der Waals surface area contributed by atoms with Crippen molar-refractivity contribution in [3.63, 3.8) is 0 Å². The Balaban J connectivity index is 1.16. The number of halogens is 1. The summed E-state index contributed by atoms with van der Waals surface area (Å²) in [5.74, 6) is 1.83. The molecule has 3 aliphatic heterocycles. The van der Waals surface area contributed by atoms with Crippen LogP contribution in [0.5, 0.6) is 5.75 Å². The Morgan fingerprint density at radius 1 is 1.16 bits per heavy atom. The monoisotopic (exact) mass is 507 g/mol. The molecule has 0 bridgehead atoms. The van der Waals surface area contributed by atoms with Gasteiger partial charge in [-0.1, -0.05) is 0 Å². The summed E-state index contributed by atoms with van der Waals surface area (Å²) >= 11 is 0. The van der Waals surface area contributed by atoms with Crippen molar-refractivity contribution in [3.8, 4) is 5.75 Å². The first kappa shape index (κ1) is 24.1. The fourth-order valence-corrected chi connectivity index (χ4v) is 6.07. The van der Waals surface area contributed by atoms with Crippen LogP contribution in [0, 0.1) is 11.7 Å². The maximum Gasteiger partial charge on any atom is 0.225 e. The minimum atomic E-state index is -0.244. The van der Waals surface area contributed by atoms with Gasteiger partial charge in [-0.15, -0.1) is 10.2 Å². The number of piperidine rings is 1. The second-order valence-corrected chi connectivity index (χ2v) is 10.5. The highest BCUT2D eigenvalue weighted by Gasteiger charge is 2.30. The zero-order valence-corrected chi connectivity index (χ0v) is 21.3. The van der Waals surface area contributed by atoms with Crippen molar-refractivity contribution in [1.29, 1.82) is 0 Å². The molecule has 0 unspecified atom stereocenters. The van der Waals surface area contributed by atoms with Crippen molar-refractivity contribution in [2.24, 2.45) is 5.92 Å².